The standard InChI is InChI=1S/C13H14N2O2/c1-2-10(16)8-14-13-11-6-4-3-5-9(11)7-12(17)15-13/h3-6H,2,7-8H2,1H3,(H,14,15,17). The molecule has 0 spiro atoms. The molecular formula is C13H14N2O2. The van der Waals surface area contributed by atoms with Crippen LogP contribution in [0.4, 0.5) is 0 Å². The van der Waals surface area contributed by atoms with Crippen molar-refractivity contribution in [3.8, 4) is 0 Å². The third kappa shape index (κ3) is 2.58. The third-order valence-corrected chi connectivity index (χ3v) is 2.69. The molecule has 0 radical (unpaired) electrons. The SMILES string of the molecule is CCC(=O)CN=C1NC(=O)Cc2ccccc21. The first-order valence-electron chi connectivity index (χ1n) is 5.65. The van der Waals surface area contributed by atoms with Gasteiger partial charge in [-0.25, -0.2) is 0 Å². The predicted molar refractivity (Wildman–Crippen MR) is 65.0 cm³/mol. The lowest BCUT2D eigenvalue weighted by atomic mass is 10.00. The highest BCUT2D eigenvalue weighted by Gasteiger charge is 2.19. The van der Waals surface area contributed by atoms with Gasteiger partial charge in [-0.1, -0.05) is 31.2 Å². The smallest absolute Gasteiger partial charge is 0.229 e. The van der Waals surface area contributed by atoms with Gasteiger partial charge in [-0.05, 0) is 5.56 Å². The van der Waals surface area contributed by atoms with Crippen LogP contribution in [0, 0.1) is 0 Å². The van der Waals surface area contributed by atoms with Crippen molar-refractivity contribution in [1.29, 1.82) is 0 Å². The number of Topliss-reactive ketones (excluding diaryl/α,β-unsaturated/α-hetero) is 1. The average molecular weight is 230 g/mol. The summed E-state index contributed by atoms with van der Waals surface area (Å²) in [5.41, 5.74) is 1.87. The van der Waals surface area contributed by atoms with Crippen LogP contribution in [0.25, 0.3) is 0 Å². The average Bonchev–Trinajstić information content (AvgIpc) is 2.35. The van der Waals surface area contributed by atoms with Gasteiger partial charge in [0.25, 0.3) is 0 Å². The number of amidine groups is 1. The maximum atomic E-state index is 11.5. The number of nitrogens with zero attached hydrogens (tertiary/aromatic N) is 1. The number of nitrogens with one attached hydrogen (secondary N) is 1. The first-order chi connectivity index (χ1) is 8.20. The van der Waals surface area contributed by atoms with Gasteiger partial charge in [-0.2, -0.15) is 0 Å². The molecule has 0 aliphatic carbocycles. The fourth-order valence-corrected chi connectivity index (χ4v) is 1.73. The van der Waals surface area contributed by atoms with E-state index >= 15 is 0 Å². The summed E-state index contributed by atoms with van der Waals surface area (Å²) in [6.07, 6.45) is 0.837. The summed E-state index contributed by atoms with van der Waals surface area (Å²) in [6.45, 7) is 1.93. The molecule has 1 aliphatic rings. The van der Waals surface area contributed by atoms with E-state index in [0.717, 1.165) is 11.1 Å². The number of ketones is 1. The number of hydrogen-bond acceptors (Lipinski definition) is 3. The second-order valence-corrected chi connectivity index (χ2v) is 3.94. The van der Waals surface area contributed by atoms with Crippen molar-refractivity contribution in [2.24, 2.45) is 4.99 Å². The van der Waals surface area contributed by atoms with Crippen LogP contribution >= 0.6 is 0 Å². The van der Waals surface area contributed by atoms with Crippen LogP contribution in [0.1, 0.15) is 24.5 Å². The van der Waals surface area contributed by atoms with E-state index in [1.54, 1.807) is 6.92 Å². The summed E-state index contributed by atoms with van der Waals surface area (Å²) in [6, 6.07) is 7.61. The van der Waals surface area contributed by atoms with Gasteiger partial charge in [0.2, 0.25) is 5.91 Å². The highest BCUT2D eigenvalue weighted by Crippen LogP contribution is 2.14. The monoisotopic (exact) mass is 230 g/mol. The zero-order valence-electron chi connectivity index (χ0n) is 9.69. The van der Waals surface area contributed by atoms with Crippen LogP contribution in [0.15, 0.2) is 29.3 Å². The molecule has 2 rings (SSSR count). The molecular weight excluding hydrogens is 216 g/mol. The molecule has 17 heavy (non-hydrogen) atoms. The summed E-state index contributed by atoms with van der Waals surface area (Å²) in [5, 5.41) is 2.71. The summed E-state index contributed by atoms with van der Waals surface area (Å²) < 4.78 is 0. The van der Waals surface area contributed by atoms with Crippen molar-refractivity contribution < 1.29 is 9.59 Å². The van der Waals surface area contributed by atoms with Crippen molar-refractivity contribution >= 4 is 17.5 Å². The highest BCUT2D eigenvalue weighted by atomic mass is 16.1. The normalized spacial score (nSPS) is 16.5. The summed E-state index contributed by atoms with van der Waals surface area (Å²) in [4.78, 5) is 26.9. The Hall–Kier alpha value is -1.97. The highest BCUT2D eigenvalue weighted by molar-refractivity contribution is 6.12. The molecule has 1 aromatic carbocycles. The minimum atomic E-state index is -0.0774. The van der Waals surface area contributed by atoms with Gasteiger partial charge in [0.1, 0.15) is 5.84 Å². The Kier molecular flexibility index (Phi) is 3.32. The van der Waals surface area contributed by atoms with E-state index in [4.69, 9.17) is 0 Å². The Morgan fingerprint density at radius 3 is 2.94 bits per heavy atom. The van der Waals surface area contributed by atoms with E-state index in [1.807, 2.05) is 24.3 Å². The van der Waals surface area contributed by atoms with Crippen molar-refractivity contribution in [2.75, 3.05) is 6.54 Å². The van der Waals surface area contributed by atoms with Gasteiger partial charge in [0.15, 0.2) is 5.78 Å². The van der Waals surface area contributed by atoms with Gasteiger partial charge in [0.05, 0.1) is 13.0 Å². The lowest BCUT2D eigenvalue weighted by molar-refractivity contribution is -0.119. The Labute approximate surface area is 99.7 Å². The van der Waals surface area contributed by atoms with Gasteiger partial charge in [0, 0.05) is 12.0 Å². The molecule has 4 nitrogen and oxygen atoms in total. The second-order valence-electron chi connectivity index (χ2n) is 3.94. The van der Waals surface area contributed by atoms with Crippen molar-refractivity contribution in [2.45, 2.75) is 19.8 Å². The number of hydrogen-bond donors (Lipinski definition) is 1. The minimum Gasteiger partial charge on any atom is -0.310 e. The van der Waals surface area contributed by atoms with Gasteiger partial charge in [-0.3, -0.25) is 14.6 Å². The van der Waals surface area contributed by atoms with Crippen molar-refractivity contribution in [3.63, 3.8) is 0 Å². The van der Waals surface area contributed by atoms with Crippen LogP contribution < -0.4 is 5.32 Å². The van der Waals surface area contributed by atoms with Crippen LogP contribution in [0.5, 0.6) is 0 Å². The Bertz CT molecular complexity index is 492. The first-order valence-corrected chi connectivity index (χ1v) is 5.65. The summed E-state index contributed by atoms with van der Waals surface area (Å²) >= 11 is 0. The van der Waals surface area contributed by atoms with Crippen LogP contribution in [-0.2, 0) is 16.0 Å². The molecule has 0 fully saturated rings. The second kappa shape index (κ2) is 4.91. The molecule has 0 saturated heterocycles. The molecule has 0 bridgehead atoms. The fourth-order valence-electron chi connectivity index (χ4n) is 1.73. The number of amides is 1. The lowest BCUT2D eigenvalue weighted by Gasteiger charge is -2.18. The topological polar surface area (TPSA) is 58.5 Å². The van der Waals surface area contributed by atoms with E-state index in [9.17, 15) is 9.59 Å². The van der Waals surface area contributed by atoms with Gasteiger partial charge >= 0.3 is 0 Å². The van der Waals surface area contributed by atoms with E-state index in [-0.39, 0.29) is 18.2 Å². The first kappa shape index (κ1) is 11.5. The number of aliphatic imine (C=N–C) groups is 1. The van der Waals surface area contributed by atoms with Gasteiger partial charge < -0.3 is 5.32 Å². The molecule has 0 unspecified atom stereocenters. The Balaban J connectivity index is 2.29. The molecule has 0 atom stereocenters. The number of rotatable bonds is 3. The van der Waals surface area contributed by atoms with Crippen LogP contribution in [0.2, 0.25) is 0 Å². The number of benzene rings is 1. The third-order valence-electron chi connectivity index (χ3n) is 2.69. The van der Waals surface area contributed by atoms with Crippen LogP contribution in [-0.4, -0.2) is 24.1 Å². The fraction of sp³-hybridized carbons (Fsp3) is 0.308. The predicted octanol–water partition coefficient (Wildman–Crippen LogP) is 1.08. The number of fused-ring (bicyclic) bond motifs is 1. The molecule has 4 heteroatoms. The lowest BCUT2D eigenvalue weighted by Crippen LogP contribution is -2.38. The molecule has 88 valence electrons. The Morgan fingerprint density at radius 1 is 1.41 bits per heavy atom. The van der Waals surface area contributed by atoms with E-state index in [1.165, 1.54) is 0 Å². The summed E-state index contributed by atoms with van der Waals surface area (Å²) in [5.74, 6) is 0.500. The quantitative estimate of drug-likeness (QED) is 0.844. The molecule has 1 aliphatic heterocycles. The number of carbonyl (C=O) groups is 2. The molecule has 0 saturated carbocycles. The zero-order chi connectivity index (χ0) is 12.3. The largest absolute Gasteiger partial charge is 0.310 e. The number of carbonyl (C=O) groups excluding carboxylic acids is 2. The van der Waals surface area contributed by atoms with Crippen LogP contribution in [0.3, 0.4) is 0 Å². The van der Waals surface area contributed by atoms with E-state index in [0.29, 0.717) is 18.7 Å². The van der Waals surface area contributed by atoms with Gasteiger partial charge in [-0.15, -0.1) is 0 Å². The maximum Gasteiger partial charge on any atom is 0.229 e. The van der Waals surface area contributed by atoms with Crippen molar-refractivity contribution in [3.05, 3.63) is 35.4 Å². The molecule has 1 aromatic rings. The maximum absolute atomic E-state index is 11.5. The zero-order valence-corrected chi connectivity index (χ0v) is 9.69. The van der Waals surface area contributed by atoms with Crippen molar-refractivity contribution in [1.82, 2.24) is 5.32 Å². The molecule has 1 amide bonds. The summed E-state index contributed by atoms with van der Waals surface area (Å²) in [7, 11) is 0. The molecule has 0 aromatic heterocycles. The minimum absolute atomic E-state index is 0.0646. The Morgan fingerprint density at radius 2 is 2.18 bits per heavy atom. The molecule has 1 heterocycles. The molecule has 1 N–H and O–H groups in total. The van der Waals surface area contributed by atoms with E-state index < -0.39 is 0 Å². The van der Waals surface area contributed by atoms with E-state index in [2.05, 4.69) is 10.3 Å².